The molecule has 1 N–H and O–H groups in total. The van der Waals surface area contributed by atoms with Crippen LogP contribution in [0.4, 0.5) is 4.79 Å². The van der Waals surface area contributed by atoms with Crippen LogP contribution in [0.2, 0.25) is 0 Å². The van der Waals surface area contributed by atoms with Crippen LogP contribution in [0.25, 0.3) is 0 Å². The average molecular weight is 414 g/mol. The average Bonchev–Trinajstić information content (AvgIpc) is 2.73. The molecule has 1 saturated heterocycles. The summed E-state index contributed by atoms with van der Waals surface area (Å²) in [6.07, 6.45) is -0.510. The molecule has 0 spiro atoms. The quantitative estimate of drug-likeness (QED) is 0.805. The van der Waals surface area contributed by atoms with Gasteiger partial charge in [0.15, 0.2) is 9.84 Å². The van der Waals surface area contributed by atoms with Gasteiger partial charge in [-0.15, -0.1) is 0 Å². The predicted molar refractivity (Wildman–Crippen MR) is 107 cm³/mol. The molecule has 0 aliphatic carbocycles. The van der Waals surface area contributed by atoms with Crippen LogP contribution >= 0.6 is 0 Å². The van der Waals surface area contributed by atoms with Gasteiger partial charge >= 0.3 is 6.09 Å². The van der Waals surface area contributed by atoms with E-state index in [-0.39, 0.29) is 28.7 Å². The topological polar surface area (TPSA) is 108 Å². The van der Waals surface area contributed by atoms with E-state index >= 15 is 0 Å². The van der Waals surface area contributed by atoms with E-state index in [2.05, 4.69) is 0 Å². The summed E-state index contributed by atoms with van der Waals surface area (Å²) in [6, 6.07) is 15.3. The smallest absolute Gasteiger partial charge is 0.407 e. The Balaban J connectivity index is 1.91. The molecule has 2 atom stereocenters. The van der Waals surface area contributed by atoms with Gasteiger partial charge in [0.2, 0.25) is 0 Å². The SMILES string of the molecule is COc1ccc(C2CCN(C(=O)O)CC2CS(=O)(=O)c2cccc(C#N)c2)cc1. The number of carboxylic acid groups (broad SMARTS) is 1. The van der Waals surface area contributed by atoms with Gasteiger partial charge in [-0.3, -0.25) is 0 Å². The van der Waals surface area contributed by atoms with Crippen molar-refractivity contribution in [3.63, 3.8) is 0 Å². The first kappa shape index (κ1) is 20.7. The maximum Gasteiger partial charge on any atom is 0.407 e. The van der Waals surface area contributed by atoms with Gasteiger partial charge in [0.05, 0.1) is 29.4 Å². The maximum atomic E-state index is 13.0. The summed E-state index contributed by atoms with van der Waals surface area (Å²) < 4.78 is 31.2. The van der Waals surface area contributed by atoms with E-state index in [1.165, 1.54) is 23.1 Å². The molecule has 2 aromatic rings. The van der Waals surface area contributed by atoms with Gasteiger partial charge in [0.25, 0.3) is 0 Å². The van der Waals surface area contributed by atoms with Gasteiger partial charge in [-0.05, 0) is 54.2 Å². The number of piperidine rings is 1. The van der Waals surface area contributed by atoms with E-state index in [0.29, 0.717) is 18.7 Å². The number of methoxy groups -OCH3 is 1. The molecule has 0 aromatic heterocycles. The van der Waals surface area contributed by atoms with E-state index in [1.54, 1.807) is 13.2 Å². The first-order valence-corrected chi connectivity index (χ1v) is 10.8. The summed E-state index contributed by atoms with van der Waals surface area (Å²) in [6.45, 7) is 0.496. The van der Waals surface area contributed by atoms with Crippen molar-refractivity contribution >= 4 is 15.9 Å². The third kappa shape index (κ3) is 4.69. The predicted octanol–water partition coefficient (Wildman–Crippen LogP) is 3.12. The van der Waals surface area contributed by atoms with Crippen LogP contribution in [0.1, 0.15) is 23.5 Å². The minimum atomic E-state index is -3.69. The number of rotatable bonds is 5. The number of nitriles is 1. The molecule has 1 amide bonds. The highest BCUT2D eigenvalue weighted by molar-refractivity contribution is 7.91. The number of ether oxygens (including phenoxy) is 1. The van der Waals surface area contributed by atoms with Crippen molar-refractivity contribution in [3.05, 3.63) is 59.7 Å². The van der Waals surface area contributed by atoms with Crippen LogP contribution in [0.15, 0.2) is 53.4 Å². The fourth-order valence-electron chi connectivity index (χ4n) is 3.80. The van der Waals surface area contributed by atoms with E-state index in [4.69, 9.17) is 10.00 Å². The summed E-state index contributed by atoms with van der Waals surface area (Å²) in [4.78, 5) is 12.8. The third-order valence-corrected chi connectivity index (χ3v) is 7.14. The summed E-state index contributed by atoms with van der Waals surface area (Å²) in [5, 5.41) is 18.4. The fraction of sp³-hybridized carbons (Fsp3) is 0.333. The molecule has 1 aliphatic rings. The van der Waals surface area contributed by atoms with Gasteiger partial charge in [0.1, 0.15) is 5.75 Å². The maximum absolute atomic E-state index is 13.0. The first-order valence-electron chi connectivity index (χ1n) is 9.19. The first-order chi connectivity index (χ1) is 13.8. The molecule has 2 unspecified atom stereocenters. The van der Waals surface area contributed by atoms with Crippen molar-refractivity contribution < 1.29 is 23.1 Å². The molecular weight excluding hydrogens is 392 g/mol. The van der Waals surface area contributed by atoms with Gasteiger partial charge < -0.3 is 14.7 Å². The van der Waals surface area contributed by atoms with Crippen LogP contribution < -0.4 is 4.74 Å². The highest BCUT2D eigenvalue weighted by Crippen LogP contribution is 2.35. The molecular formula is C21H22N2O5S. The molecule has 1 heterocycles. The summed E-state index contributed by atoms with van der Waals surface area (Å²) in [5.41, 5.74) is 1.23. The Morgan fingerprint density at radius 3 is 2.62 bits per heavy atom. The molecule has 0 bridgehead atoms. The normalized spacial score (nSPS) is 19.4. The van der Waals surface area contributed by atoms with Crippen LogP contribution in [0, 0.1) is 17.2 Å². The van der Waals surface area contributed by atoms with Crippen LogP contribution in [0.5, 0.6) is 5.75 Å². The van der Waals surface area contributed by atoms with Gasteiger partial charge in [-0.2, -0.15) is 5.26 Å². The van der Waals surface area contributed by atoms with E-state index in [9.17, 15) is 18.3 Å². The summed E-state index contributed by atoms with van der Waals surface area (Å²) in [5.74, 6) is 0.0196. The minimum absolute atomic E-state index is 0.0810. The minimum Gasteiger partial charge on any atom is -0.497 e. The Morgan fingerprint density at radius 2 is 2.00 bits per heavy atom. The zero-order valence-electron chi connectivity index (χ0n) is 16.0. The lowest BCUT2D eigenvalue weighted by molar-refractivity contribution is 0.116. The molecule has 7 nitrogen and oxygen atoms in total. The van der Waals surface area contributed by atoms with E-state index in [0.717, 1.165) is 5.56 Å². The number of benzene rings is 2. The van der Waals surface area contributed by atoms with Gasteiger partial charge in [-0.25, -0.2) is 13.2 Å². The molecule has 152 valence electrons. The van der Waals surface area contributed by atoms with Crippen molar-refractivity contribution in [1.29, 1.82) is 5.26 Å². The molecule has 3 rings (SSSR count). The second-order valence-electron chi connectivity index (χ2n) is 7.08. The molecule has 0 radical (unpaired) electrons. The number of carbonyl (C=O) groups is 1. The Hall–Kier alpha value is -3.05. The van der Waals surface area contributed by atoms with Crippen molar-refractivity contribution in [1.82, 2.24) is 4.90 Å². The molecule has 1 aliphatic heterocycles. The monoisotopic (exact) mass is 414 g/mol. The zero-order chi connectivity index (χ0) is 21.0. The fourth-order valence-corrected chi connectivity index (χ4v) is 5.49. The highest BCUT2D eigenvalue weighted by atomic mass is 32.2. The lowest BCUT2D eigenvalue weighted by Crippen LogP contribution is -2.44. The number of likely N-dealkylation sites (tertiary alicyclic amines) is 1. The Labute approximate surface area is 170 Å². The molecule has 0 saturated carbocycles. The van der Waals surface area contributed by atoms with Crippen LogP contribution in [-0.2, 0) is 9.84 Å². The Bertz CT molecular complexity index is 1030. The molecule has 8 heteroatoms. The third-order valence-electron chi connectivity index (χ3n) is 5.30. The lowest BCUT2D eigenvalue weighted by Gasteiger charge is -2.37. The Kier molecular flexibility index (Phi) is 6.09. The number of nitrogens with zero attached hydrogens (tertiary/aromatic N) is 2. The number of amides is 1. The second-order valence-corrected chi connectivity index (χ2v) is 9.11. The van der Waals surface area contributed by atoms with Gasteiger partial charge in [0, 0.05) is 13.1 Å². The lowest BCUT2D eigenvalue weighted by atomic mass is 9.81. The van der Waals surface area contributed by atoms with Crippen LogP contribution in [-0.4, -0.2) is 50.5 Å². The van der Waals surface area contributed by atoms with Crippen molar-refractivity contribution in [2.24, 2.45) is 5.92 Å². The molecule has 1 fully saturated rings. The largest absolute Gasteiger partial charge is 0.497 e. The second kappa shape index (κ2) is 8.53. The molecule has 2 aromatic carbocycles. The number of sulfone groups is 1. The highest BCUT2D eigenvalue weighted by Gasteiger charge is 2.35. The van der Waals surface area contributed by atoms with Crippen molar-refractivity contribution in [2.45, 2.75) is 17.2 Å². The zero-order valence-corrected chi connectivity index (χ0v) is 16.8. The van der Waals surface area contributed by atoms with Crippen molar-refractivity contribution in [2.75, 3.05) is 26.0 Å². The Morgan fingerprint density at radius 1 is 1.28 bits per heavy atom. The summed E-state index contributed by atoms with van der Waals surface area (Å²) in [7, 11) is -2.12. The number of hydrogen-bond donors (Lipinski definition) is 1. The van der Waals surface area contributed by atoms with Crippen LogP contribution in [0.3, 0.4) is 0 Å². The summed E-state index contributed by atoms with van der Waals surface area (Å²) >= 11 is 0. The number of hydrogen-bond acceptors (Lipinski definition) is 5. The van der Waals surface area contributed by atoms with Crippen molar-refractivity contribution in [3.8, 4) is 11.8 Å². The molecule has 29 heavy (non-hydrogen) atoms. The van der Waals surface area contributed by atoms with E-state index in [1.807, 2.05) is 30.3 Å². The van der Waals surface area contributed by atoms with Gasteiger partial charge in [-0.1, -0.05) is 18.2 Å². The standard InChI is InChI=1S/C21H22N2O5S/c1-28-18-7-5-16(6-8-18)20-9-10-23(21(24)25)13-17(20)14-29(26,27)19-4-2-3-15(11-19)12-22/h2-8,11,17,20H,9-10,13-14H2,1H3,(H,24,25). The van der Waals surface area contributed by atoms with E-state index < -0.39 is 21.8 Å².